The molecule has 0 unspecified atom stereocenters. The van der Waals surface area contributed by atoms with E-state index in [-0.39, 0.29) is 18.1 Å². The Morgan fingerprint density at radius 3 is 2.84 bits per heavy atom. The fourth-order valence-corrected chi connectivity index (χ4v) is 4.56. The highest BCUT2D eigenvalue weighted by Gasteiger charge is 2.36. The molecule has 172 valence electrons. The minimum Gasteiger partial charge on any atom is -0.454 e. The number of rotatable bonds is 8. The number of hydrogen-bond acceptors (Lipinski definition) is 5. The van der Waals surface area contributed by atoms with Crippen LogP contribution in [0.25, 0.3) is 6.08 Å². The molecular formula is C24H30ClN3O4. The van der Waals surface area contributed by atoms with Crippen LogP contribution in [0.4, 0.5) is 0 Å². The lowest BCUT2D eigenvalue weighted by molar-refractivity contribution is -0.116. The third-order valence-corrected chi connectivity index (χ3v) is 6.67. The van der Waals surface area contributed by atoms with Crippen LogP contribution in [-0.2, 0) is 21.5 Å². The van der Waals surface area contributed by atoms with E-state index in [0.717, 1.165) is 60.5 Å². The molecule has 4 rings (SSSR count). The van der Waals surface area contributed by atoms with Gasteiger partial charge in [-0.2, -0.15) is 5.10 Å². The first-order valence-electron chi connectivity index (χ1n) is 11.2. The Morgan fingerprint density at radius 2 is 2.06 bits per heavy atom. The van der Waals surface area contributed by atoms with Gasteiger partial charge in [0.25, 0.3) is 0 Å². The first-order valence-corrected chi connectivity index (χ1v) is 11.6. The van der Waals surface area contributed by atoms with Gasteiger partial charge in [0.2, 0.25) is 12.7 Å². The van der Waals surface area contributed by atoms with Crippen molar-refractivity contribution in [3.05, 3.63) is 46.2 Å². The number of carbonyl (C=O) groups excluding carboxylic acids is 1. The smallest absolute Gasteiger partial charge is 0.244 e. The molecule has 8 heteroatoms. The van der Waals surface area contributed by atoms with Crippen LogP contribution in [0, 0.1) is 6.92 Å². The summed E-state index contributed by atoms with van der Waals surface area (Å²) in [5, 5.41) is 8.15. The molecule has 0 saturated carbocycles. The Bertz CT molecular complexity index is 995. The maximum atomic E-state index is 12.7. The van der Waals surface area contributed by atoms with E-state index in [1.165, 1.54) is 6.08 Å². The lowest BCUT2D eigenvalue weighted by Crippen LogP contribution is -2.44. The molecule has 32 heavy (non-hydrogen) atoms. The number of carbonyl (C=O) groups is 1. The Kier molecular flexibility index (Phi) is 7.06. The number of aromatic nitrogens is 2. The van der Waals surface area contributed by atoms with Crippen molar-refractivity contribution in [3.8, 4) is 11.5 Å². The molecule has 0 bridgehead atoms. The number of amides is 1. The fraction of sp³-hybridized carbons (Fsp3) is 0.500. The molecule has 1 aromatic carbocycles. The number of nitrogens with one attached hydrogen (secondary N) is 1. The topological polar surface area (TPSA) is 74.6 Å². The Balaban J connectivity index is 1.45. The molecule has 2 aliphatic rings. The van der Waals surface area contributed by atoms with E-state index in [9.17, 15) is 4.79 Å². The normalized spacial score (nSPS) is 17.1. The van der Waals surface area contributed by atoms with Crippen molar-refractivity contribution in [1.29, 1.82) is 0 Å². The van der Waals surface area contributed by atoms with E-state index in [1.807, 2.05) is 19.1 Å². The van der Waals surface area contributed by atoms with Crippen molar-refractivity contribution in [3.63, 3.8) is 0 Å². The molecule has 0 radical (unpaired) electrons. The summed E-state index contributed by atoms with van der Waals surface area (Å²) in [5.74, 6) is 1.35. The lowest BCUT2D eigenvalue weighted by atomic mass is 9.74. The van der Waals surface area contributed by atoms with E-state index in [1.54, 1.807) is 10.8 Å². The molecule has 2 aliphatic heterocycles. The molecule has 7 nitrogen and oxygen atoms in total. The Morgan fingerprint density at radius 1 is 1.28 bits per heavy atom. The quantitative estimate of drug-likeness (QED) is 0.597. The zero-order chi connectivity index (χ0) is 22.6. The summed E-state index contributed by atoms with van der Waals surface area (Å²) in [6.07, 6.45) is 7.01. The molecule has 0 aliphatic carbocycles. The minimum atomic E-state index is -0.207. The number of unbranched alkanes of at least 4 members (excludes halogenated alkanes) is 1. The van der Waals surface area contributed by atoms with E-state index in [2.05, 4.69) is 23.4 Å². The first-order chi connectivity index (χ1) is 15.5. The van der Waals surface area contributed by atoms with Gasteiger partial charge in [-0.25, -0.2) is 0 Å². The highest BCUT2D eigenvalue weighted by Crippen LogP contribution is 2.40. The number of fused-ring (bicyclic) bond motifs is 1. The van der Waals surface area contributed by atoms with Gasteiger partial charge < -0.3 is 19.5 Å². The number of hydrogen-bond donors (Lipinski definition) is 1. The van der Waals surface area contributed by atoms with Gasteiger partial charge in [-0.15, -0.1) is 0 Å². The van der Waals surface area contributed by atoms with E-state index >= 15 is 0 Å². The van der Waals surface area contributed by atoms with Crippen molar-refractivity contribution < 1.29 is 19.0 Å². The second-order valence-electron chi connectivity index (χ2n) is 8.38. The van der Waals surface area contributed by atoms with Crippen LogP contribution in [0.3, 0.4) is 0 Å². The van der Waals surface area contributed by atoms with Gasteiger partial charge in [0.1, 0.15) is 5.15 Å². The lowest BCUT2D eigenvalue weighted by Gasteiger charge is -2.38. The zero-order valence-electron chi connectivity index (χ0n) is 18.7. The Hall–Kier alpha value is -2.51. The van der Waals surface area contributed by atoms with E-state index in [4.69, 9.17) is 25.8 Å². The van der Waals surface area contributed by atoms with Crippen molar-refractivity contribution in [2.75, 3.05) is 26.6 Å². The second kappa shape index (κ2) is 9.96. The van der Waals surface area contributed by atoms with Crippen LogP contribution < -0.4 is 14.8 Å². The molecule has 1 saturated heterocycles. The highest BCUT2D eigenvalue weighted by atomic mass is 35.5. The summed E-state index contributed by atoms with van der Waals surface area (Å²) in [5.41, 5.74) is 2.53. The molecular weight excluding hydrogens is 430 g/mol. The Labute approximate surface area is 193 Å². The van der Waals surface area contributed by atoms with Gasteiger partial charge in [0.15, 0.2) is 11.5 Å². The van der Waals surface area contributed by atoms with Crippen molar-refractivity contribution in [2.24, 2.45) is 0 Å². The summed E-state index contributed by atoms with van der Waals surface area (Å²) in [6.45, 7) is 6.88. The number of ether oxygens (including phenoxy) is 3. The van der Waals surface area contributed by atoms with Crippen LogP contribution in [0.15, 0.2) is 24.3 Å². The van der Waals surface area contributed by atoms with Gasteiger partial charge in [-0.05, 0) is 50.0 Å². The largest absolute Gasteiger partial charge is 0.454 e. The third-order valence-electron chi connectivity index (χ3n) is 6.27. The molecule has 0 spiro atoms. The van der Waals surface area contributed by atoms with Crippen LogP contribution in [0.1, 0.15) is 49.4 Å². The fourth-order valence-electron chi connectivity index (χ4n) is 4.24. The standard InChI is InChI=1S/C24H30ClN3O4/c1-3-4-11-28-23(25)19(17(2)27-28)6-8-22(29)26-15-24(9-12-30-13-10-24)18-5-7-20-21(14-18)32-16-31-20/h5-8,14H,3-4,9-13,15-16H2,1-2H3,(H,26,29). The van der Waals surface area contributed by atoms with Crippen LogP contribution in [0.2, 0.25) is 5.15 Å². The SMILES string of the molecule is CCCCn1nc(C)c(C=CC(=O)NCC2(c3ccc4c(c3)OCO4)CCOCC2)c1Cl. The van der Waals surface area contributed by atoms with E-state index in [0.29, 0.717) is 24.9 Å². The van der Waals surface area contributed by atoms with E-state index < -0.39 is 0 Å². The molecule has 3 heterocycles. The van der Waals surface area contributed by atoms with Gasteiger partial charge in [0, 0.05) is 43.4 Å². The van der Waals surface area contributed by atoms with Crippen molar-refractivity contribution in [1.82, 2.24) is 15.1 Å². The molecule has 1 N–H and O–H groups in total. The highest BCUT2D eigenvalue weighted by molar-refractivity contribution is 6.31. The number of benzene rings is 1. The average Bonchev–Trinajstić information content (AvgIpc) is 3.39. The monoisotopic (exact) mass is 459 g/mol. The van der Waals surface area contributed by atoms with Gasteiger partial charge >= 0.3 is 0 Å². The van der Waals surface area contributed by atoms with Crippen molar-refractivity contribution >= 4 is 23.6 Å². The molecule has 1 aromatic heterocycles. The van der Waals surface area contributed by atoms with Gasteiger partial charge in [-0.1, -0.05) is 31.0 Å². The predicted molar refractivity (Wildman–Crippen MR) is 123 cm³/mol. The molecule has 0 atom stereocenters. The van der Waals surface area contributed by atoms with Gasteiger partial charge in [0.05, 0.1) is 5.69 Å². The summed E-state index contributed by atoms with van der Waals surface area (Å²) in [4.78, 5) is 12.7. The first kappa shape index (κ1) is 22.7. The molecule has 2 aromatic rings. The van der Waals surface area contributed by atoms with Crippen LogP contribution in [-0.4, -0.2) is 42.2 Å². The maximum Gasteiger partial charge on any atom is 0.244 e. The molecule has 1 amide bonds. The predicted octanol–water partition coefficient (Wildman–Crippen LogP) is 4.25. The zero-order valence-corrected chi connectivity index (χ0v) is 19.4. The minimum absolute atomic E-state index is 0.159. The van der Waals surface area contributed by atoms with Crippen LogP contribution in [0.5, 0.6) is 11.5 Å². The summed E-state index contributed by atoms with van der Waals surface area (Å²) >= 11 is 6.48. The van der Waals surface area contributed by atoms with Gasteiger partial charge in [-0.3, -0.25) is 9.48 Å². The summed E-state index contributed by atoms with van der Waals surface area (Å²) in [6, 6.07) is 6.04. The average molecular weight is 460 g/mol. The number of halogens is 1. The summed E-state index contributed by atoms with van der Waals surface area (Å²) in [7, 11) is 0. The summed E-state index contributed by atoms with van der Waals surface area (Å²) < 4.78 is 18.4. The third kappa shape index (κ3) is 4.79. The molecule has 1 fully saturated rings. The maximum absolute atomic E-state index is 12.7. The second-order valence-corrected chi connectivity index (χ2v) is 8.74. The number of nitrogens with zero attached hydrogens (tertiary/aromatic N) is 2. The van der Waals surface area contributed by atoms with Crippen LogP contribution >= 0.6 is 11.6 Å². The van der Waals surface area contributed by atoms with Crippen molar-refractivity contribution in [2.45, 2.75) is 51.5 Å². The number of aryl methyl sites for hydroxylation is 2.